The molecule has 96 valence electrons. The van der Waals surface area contributed by atoms with E-state index in [0.29, 0.717) is 5.02 Å². The predicted molar refractivity (Wildman–Crippen MR) is 80.2 cm³/mol. The Balaban J connectivity index is 2.09. The van der Waals surface area contributed by atoms with E-state index < -0.39 is 0 Å². The largest absolute Gasteiger partial charge is 0.270 e. The first kappa shape index (κ1) is 12.6. The Morgan fingerprint density at radius 3 is 2.74 bits per heavy atom. The molecule has 0 saturated carbocycles. The van der Waals surface area contributed by atoms with Crippen LogP contribution in [0.3, 0.4) is 0 Å². The lowest BCUT2D eigenvalue weighted by molar-refractivity contribution is 0.632. The Bertz CT molecular complexity index is 710. The molecule has 1 aromatic carbocycles. The fourth-order valence-corrected chi connectivity index (χ4v) is 3.29. The number of nitrogens with one attached hydrogen (secondary N) is 1. The molecule has 0 aliphatic rings. The highest BCUT2D eigenvalue weighted by Gasteiger charge is 2.18. The van der Waals surface area contributed by atoms with Gasteiger partial charge in [-0.05, 0) is 23.6 Å². The van der Waals surface area contributed by atoms with Gasteiger partial charge in [0.25, 0.3) is 0 Å². The summed E-state index contributed by atoms with van der Waals surface area (Å²) in [5, 5.41) is 3.77. The molecule has 2 heterocycles. The van der Waals surface area contributed by atoms with Gasteiger partial charge in [-0.25, -0.2) is 5.43 Å². The van der Waals surface area contributed by atoms with Crippen LogP contribution in [0.5, 0.6) is 0 Å². The highest BCUT2D eigenvalue weighted by atomic mass is 35.5. The molecule has 0 aliphatic heterocycles. The minimum atomic E-state index is -0.183. The lowest BCUT2D eigenvalue weighted by Crippen LogP contribution is -2.29. The number of aromatic nitrogens is 1. The molecule has 0 fully saturated rings. The van der Waals surface area contributed by atoms with Crippen LogP contribution in [-0.2, 0) is 0 Å². The van der Waals surface area contributed by atoms with E-state index >= 15 is 0 Å². The van der Waals surface area contributed by atoms with E-state index in [2.05, 4.69) is 10.4 Å². The van der Waals surface area contributed by atoms with Crippen molar-refractivity contribution in [2.75, 3.05) is 0 Å². The van der Waals surface area contributed by atoms with Gasteiger partial charge < -0.3 is 0 Å². The van der Waals surface area contributed by atoms with E-state index in [1.165, 1.54) is 0 Å². The van der Waals surface area contributed by atoms with E-state index in [9.17, 15) is 0 Å². The normalized spacial score (nSPS) is 12.7. The number of fused-ring (bicyclic) bond motifs is 1. The lowest BCUT2D eigenvalue weighted by atomic mass is 10.1. The summed E-state index contributed by atoms with van der Waals surface area (Å²) in [5.74, 6) is 5.67. The van der Waals surface area contributed by atoms with Gasteiger partial charge in [-0.15, -0.1) is 11.3 Å². The van der Waals surface area contributed by atoms with Gasteiger partial charge in [0.05, 0.1) is 22.3 Å². The van der Waals surface area contributed by atoms with Crippen LogP contribution >= 0.6 is 22.9 Å². The van der Waals surface area contributed by atoms with E-state index in [1.807, 2.05) is 47.8 Å². The van der Waals surface area contributed by atoms with Crippen LogP contribution in [0.25, 0.3) is 10.9 Å². The molecule has 3 nitrogen and oxygen atoms in total. The number of para-hydroxylation sites is 1. The Kier molecular flexibility index (Phi) is 3.48. The first-order valence-electron chi connectivity index (χ1n) is 5.84. The molecule has 2 aromatic heterocycles. The third kappa shape index (κ3) is 2.35. The van der Waals surface area contributed by atoms with Gasteiger partial charge in [0.2, 0.25) is 0 Å². The molecule has 0 radical (unpaired) electrons. The van der Waals surface area contributed by atoms with E-state index in [1.54, 1.807) is 11.3 Å². The molecule has 1 unspecified atom stereocenters. The number of thiophene rings is 1. The molecule has 0 amide bonds. The maximum Gasteiger partial charge on any atom is 0.0988 e. The third-order valence-corrected chi connectivity index (χ3v) is 4.41. The summed E-state index contributed by atoms with van der Waals surface area (Å²) in [6.07, 6.45) is 0. The van der Waals surface area contributed by atoms with Crippen molar-refractivity contribution < 1.29 is 0 Å². The van der Waals surface area contributed by atoms with Crippen molar-refractivity contribution in [2.45, 2.75) is 6.04 Å². The van der Waals surface area contributed by atoms with Crippen molar-refractivity contribution in [2.24, 2.45) is 5.84 Å². The van der Waals surface area contributed by atoms with Crippen molar-refractivity contribution in [3.8, 4) is 0 Å². The van der Waals surface area contributed by atoms with Crippen molar-refractivity contribution in [1.82, 2.24) is 10.4 Å². The van der Waals surface area contributed by atoms with Crippen LogP contribution < -0.4 is 11.3 Å². The second kappa shape index (κ2) is 5.27. The molecule has 0 spiro atoms. The molecule has 0 aliphatic carbocycles. The van der Waals surface area contributed by atoms with Crippen LogP contribution in [0.1, 0.15) is 16.6 Å². The van der Waals surface area contributed by atoms with Gasteiger partial charge in [-0.1, -0.05) is 35.9 Å². The van der Waals surface area contributed by atoms with Crippen molar-refractivity contribution in [3.63, 3.8) is 0 Å². The Morgan fingerprint density at radius 2 is 2.00 bits per heavy atom. The van der Waals surface area contributed by atoms with Gasteiger partial charge in [0.1, 0.15) is 0 Å². The number of nitrogens with two attached hydrogens (primary N) is 1. The number of hydrazine groups is 1. The quantitative estimate of drug-likeness (QED) is 0.573. The second-order valence-electron chi connectivity index (χ2n) is 4.16. The fraction of sp³-hybridized carbons (Fsp3) is 0.0714. The van der Waals surface area contributed by atoms with Crippen LogP contribution in [0.2, 0.25) is 5.02 Å². The molecule has 1 atom stereocenters. The summed E-state index contributed by atoms with van der Waals surface area (Å²) in [6.45, 7) is 0. The Hall–Kier alpha value is -1.46. The smallest absolute Gasteiger partial charge is 0.0988 e. The zero-order valence-electron chi connectivity index (χ0n) is 10.0. The lowest BCUT2D eigenvalue weighted by Gasteiger charge is -2.15. The standard InChI is InChI=1S/C14H12ClN3S/c15-10-7-8-19-14(10)13(18-16)12-6-5-9-3-1-2-4-11(9)17-12/h1-8,13,18H,16H2. The number of pyridine rings is 1. The monoisotopic (exact) mass is 289 g/mol. The van der Waals surface area contributed by atoms with Crippen LogP contribution in [0.4, 0.5) is 0 Å². The molecule has 3 aromatic rings. The van der Waals surface area contributed by atoms with Crippen molar-refractivity contribution >= 4 is 33.8 Å². The highest BCUT2D eigenvalue weighted by Crippen LogP contribution is 2.32. The van der Waals surface area contributed by atoms with Gasteiger partial charge in [0, 0.05) is 10.3 Å². The Morgan fingerprint density at radius 1 is 1.16 bits per heavy atom. The van der Waals surface area contributed by atoms with Crippen molar-refractivity contribution in [3.05, 3.63) is 63.4 Å². The van der Waals surface area contributed by atoms with Gasteiger partial charge in [-0.2, -0.15) is 0 Å². The summed E-state index contributed by atoms with van der Waals surface area (Å²) in [6, 6.07) is 13.7. The van der Waals surface area contributed by atoms with Gasteiger partial charge in [-0.3, -0.25) is 10.8 Å². The zero-order chi connectivity index (χ0) is 13.2. The average molecular weight is 290 g/mol. The molecule has 0 bridgehead atoms. The molecule has 3 rings (SSSR count). The minimum Gasteiger partial charge on any atom is -0.270 e. The molecular weight excluding hydrogens is 278 g/mol. The number of benzene rings is 1. The fourth-order valence-electron chi connectivity index (χ4n) is 2.05. The number of hydrogen-bond acceptors (Lipinski definition) is 4. The Labute approximate surface area is 120 Å². The first-order chi connectivity index (χ1) is 9.29. The number of halogens is 1. The SMILES string of the molecule is NNC(c1ccc2ccccc2n1)c1sccc1Cl. The summed E-state index contributed by atoms with van der Waals surface area (Å²) in [4.78, 5) is 5.63. The van der Waals surface area contributed by atoms with Crippen LogP contribution in [0, 0.1) is 0 Å². The molecule has 19 heavy (non-hydrogen) atoms. The first-order valence-corrected chi connectivity index (χ1v) is 7.10. The summed E-state index contributed by atoms with van der Waals surface area (Å²) < 4.78 is 0. The molecule has 0 saturated heterocycles. The van der Waals surface area contributed by atoms with Crippen LogP contribution in [0.15, 0.2) is 47.8 Å². The average Bonchev–Trinajstić information content (AvgIpc) is 2.86. The van der Waals surface area contributed by atoms with E-state index in [-0.39, 0.29) is 6.04 Å². The maximum atomic E-state index is 6.17. The topological polar surface area (TPSA) is 50.9 Å². The molecular formula is C14H12ClN3S. The van der Waals surface area contributed by atoms with Gasteiger partial charge in [0.15, 0.2) is 0 Å². The maximum absolute atomic E-state index is 6.17. The van der Waals surface area contributed by atoms with Crippen molar-refractivity contribution in [1.29, 1.82) is 0 Å². The number of nitrogens with zero attached hydrogens (tertiary/aromatic N) is 1. The van der Waals surface area contributed by atoms with Crippen LogP contribution in [-0.4, -0.2) is 4.98 Å². The predicted octanol–water partition coefficient (Wildman–Crippen LogP) is 3.50. The third-order valence-electron chi connectivity index (χ3n) is 2.99. The molecule has 5 heteroatoms. The summed E-state index contributed by atoms with van der Waals surface area (Å²) in [7, 11) is 0. The minimum absolute atomic E-state index is 0.183. The zero-order valence-corrected chi connectivity index (χ0v) is 11.6. The molecule has 3 N–H and O–H groups in total. The van der Waals surface area contributed by atoms with E-state index in [0.717, 1.165) is 21.5 Å². The van der Waals surface area contributed by atoms with E-state index in [4.69, 9.17) is 17.4 Å². The second-order valence-corrected chi connectivity index (χ2v) is 5.52. The van der Waals surface area contributed by atoms with Gasteiger partial charge >= 0.3 is 0 Å². The summed E-state index contributed by atoms with van der Waals surface area (Å²) in [5.41, 5.74) is 4.61. The highest BCUT2D eigenvalue weighted by molar-refractivity contribution is 7.10. The number of rotatable bonds is 3. The summed E-state index contributed by atoms with van der Waals surface area (Å²) >= 11 is 7.74. The number of hydrogen-bond donors (Lipinski definition) is 2.